The largest absolute Gasteiger partial charge is 0.378 e. The van der Waals surface area contributed by atoms with Crippen LogP contribution in [0.1, 0.15) is 24.2 Å². The number of sulfonamides is 1. The molecule has 1 fully saturated rings. The normalized spacial score (nSPS) is 15.4. The van der Waals surface area contributed by atoms with Crippen molar-refractivity contribution in [2.75, 3.05) is 51.8 Å². The van der Waals surface area contributed by atoms with E-state index in [1.165, 1.54) is 26.2 Å². The van der Waals surface area contributed by atoms with Crippen LogP contribution in [-0.4, -0.2) is 71.1 Å². The van der Waals surface area contributed by atoms with Crippen LogP contribution in [0, 0.1) is 0 Å². The monoisotopic (exact) mass is 420 g/mol. The first kappa shape index (κ1) is 23.6. The lowest BCUT2D eigenvalue weighted by Gasteiger charge is -2.31. The summed E-state index contributed by atoms with van der Waals surface area (Å²) in [6.07, 6.45) is 0. The number of amides is 1. The predicted molar refractivity (Wildman–Crippen MR) is 108 cm³/mol. The van der Waals surface area contributed by atoms with Crippen molar-refractivity contribution in [3.05, 3.63) is 23.8 Å². The summed E-state index contributed by atoms with van der Waals surface area (Å²) in [5, 5.41) is 2.80. The molecule has 1 heterocycles. The molecule has 0 unspecified atom stereocenters. The summed E-state index contributed by atoms with van der Waals surface area (Å²) in [6.45, 7) is 6.30. The molecule has 1 aliphatic rings. The molecule has 154 valence electrons. The number of nitrogens with two attached hydrogens (primary N) is 1. The lowest BCUT2D eigenvalue weighted by Crippen LogP contribution is -2.45. The number of hydrogen-bond acceptors (Lipinski definition) is 6. The molecule has 0 radical (unpaired) electrons. The highest BCUT2D eigenvalue weighted by molar-refractivity contribution is 7.89. The van der Waals surface area contributed by atoms with Crippen LogP contribution in [0.4, 0.5) is 5.69 Å². The van der Waals surface area contributed by atoms with Crippen LogP contribution in [0.5, 0.6) is 0 Å². The quantitative estimate of drug-likeness (QED) is 0.700. The average Bonchev–Trinajstić information content (AvgIpc) is 2.59. The van der Waals surface area contributed by atoms with Gasteiger partial charge in [-0.3, -0.25) is 4.79 Å². The lowest BCUT2D eigenvalue weighted by atomic mass is 10.1. The molecule has 0 aromatic heterocycles. The zero-order chi connectivity index (χ0) is 19.5. The highest BCUT2D eigenvalue weighted by Crippen LogP contribution is 2.26. The number of nitrogens with one attached hydrogen (secondary N) is 1. The van der Waals surface area contributed by atoms with E-state index in [1.807, 2.05) is 18.7 Å². The van der Waals surface area contributed by atoms with E-state index in [-0.39, 0.29) is 29.8 Å². The van der Waals surface area contributed by atoms with Gasteiger partial charge < -0.3 is 20.7 Å². The van der Waals surface area contributed by atoms with Gasteiger partial charge in [-0.05, 0) is 32.0 Å². The lowest BCUT2D eigenvalue weighted by molar-refractivity contribution is 0.0944. The molecule has 1 aromatic rings. The second kappa shape index (κ2) is 9.20. The SMILES string of the molecule is CN(C)S(=O)(=O)c1ccc(N2CCOCC2)c(C(=O)NCC(C)(C)N)c1.Cl. The summed E-state index contributed by atoms with van der Waals surface area (Å²) in [7, 11) is -0.718. The number of benzene rings is 1. The van der Waals surface area contributed by atoms with Crippen LogP contribution in [0.15, 0.2) is 23.1 Å². The highest BCUT2D eigenvalue weighted by Gasteiger charge is 2.25. The Kier molecular flexibility index (Phi) is 8.06. The number of nitrogens with zero attached hydrogens (tertiary/aromatic N) is 2. The Labute approximate surface area is 167 Å². The summed E-state index contributed by atoms with van der Waals surface area (Å²) >= 11 is 0. The number of halogens is 1. The molecule has 1 aromatic carbocycles. The van der Waals surface area contributed by atoms with Crippen molar-refractivity contribution in [1.82, 2.24) is 9.62 Å². The van der Waals surface area contributed by atoms with Gasteiger partial charge in [-0.1, -0.05) is 0 Å². The van der Waals surface area contributed by atoms with Crippen molar-refractivity contribution >= 4 is 34.0 Å². The van der Waals surface area contributed by atoms with E-state index in [1.54, 1.807) is 6.07 Å². The first-order chi connectivity index (χ1) is 12.0. The van der Waals surface area contributed by atoms with E-state index in [0.717, 1.165) is 4.31 Å². The Morgan fingerprint density at radius 3 is 2.41 bits per heavy atom. The molecule has 8 nitrogen and oxygen atoms in total. The number of hydrogen-bond donors (Lipinski definition) is 2. The van der Waals surface area contributed by atoms with Crippen LogP contribution in [0.3, 0.4) is 0 Å². The highest BCUT2D eigenvalue weighted by atomic mass is 35.5. The standard InChI is InChI=1S/C17H28N4O4S.ClH/c1-17(2,18)12-19-16(22)14-11-13(26(23,24)20(3)4)5-6-15(14)21-7-9-25-10-8-21;/h5-6,11H,7-10,12,18H2,1-4H3,(H,19,22);1H. The van der Waals surface area contributed by atoms with Crippen LogP contribution in [0.25, 0.3) is 0 Å². The Balaban J connectivity index is 0.00000364. The Bertz CT molecular complexity index is 757. The van der Waals surface area contributed by atoms with Gasteiger partial charge in [-0.2, -0.15) is 0 Å². The summed E-state index contributed by atoms with van der Waals surface area (Å²) < 4.78 is 31.4. The van der Waals surface area contributed by atoms with E-state index in [0.29, 0.717) is 37.6 Å². The number of ether oxygens (including phenoxy) is 1. The molecule has 27 heavy (non-hydrogen) atoms. The summed E-state index contributed by atoms with van der Waals surface area (Å²) in [5.41, 5.74) is 6.38. The van der Waals surface area contributed by atoms with E-state index in [9.17, 15) is 13.2 Å². The zero-order valence-electron chi connectivity index (χ0n) is 16.2. The van der Waals surface area contributed by atoms with Crippen LogP contribution >= 0.6 is 12.4 Å². The van der Waals surface area contributed by atoms with Gasteiger partial charge in [0.15, 0.2) is 0 Å². The fourth-order valence-corrected chi connectivity index (χ4v) is 3.48. The second-order valence-electron chi connectivity index (χ2n) is 7.24. The van der Waals surface area contributed by atoms with Gasteiger partial charge >= 0.3 is 0 Å². The molecule has 1 saturated heterocycles. The number of carbonyl (C=O) groups is 1. The molecule has 0 aliphatic carbocycles. The molecule has 3 N–H and O–H groups in total. The minimum absolute atomic E-state index is 0. The molecular formula is C17H29ClN4O4S. The van der Waals surface area contributed by atoms with E-state index < -0.39 is 15.6 Å². The van der Waals surface area contributed by atoms with Gasteiger partial charge in [-0.15, -0.1) is 12.4 Å². The molecule has 0 bridgehead atoms. The van der Waals surface area contributed by atoms with Crippen molar-refractivity contribution in [2.45, 2.75) is 24.3 Å². The van der Waals surface area contributed by atoms with E-state index in [4.69, 9.17) is 10.5 Å². The van der Waals surface area contributed by atoms with Crippen LogP contribution in [0.2, 0.25) is 0 Å². The van der Waals surface area contributed by atoms with Gasteiger partial charge in [0.1, 0.15) is 0 Å². The molecule has 0 atom stereocenters. The number of morpholine rings is 1. The molecule has 10 heteroatoms. The van der Waals surface area contributed by atoms with E-state index in [2.05, 4.69) is 5.32 Å². The van der Waals surface area contributed by atoms with Gasteiger partial charge in [-0.25, -0.2) is 12.7 Å². The molecule has 2 rings (SSSR count). The average molecular weight is 421 g/mol. The first-order valence-corrected chi connectivity index (χ1v) is 9.93. The predicted octanol–water partition coefficient (Wildman–Crippen LogP) is 0.662. The third-order valence-electron chi connectivity index (χ3n) is 4.05. The third kappa shape index (κ3) is 6.05. The molecule has 0 saturated carbocycles. The third-order valence-corrected chi connectivity index (χ3v) is 5.86. The fraction of sp³-hybridized carbons (Fsp3) is 0.588. The fourth-order valence-electron chi connectivity index (χ4n) is 2.55. The van der Waals surface area contributed by atoms with Gasteiger partial charge in [0.05, 0.1) is 23.7 Å². The van der Waals surface area contributed by atoms with Crippen LogP contribution < -0.4 is 16.0 Å². The van der Waals surface area contributed by atoms with Crippen LogP contribution in [-0.2, 0) is 14.8 Å². The van der Waals surface area contributed by atoms with E-state index >= 15 is 0 Å². The van der Waals surface area contributed by atoms with Gasteiger partial charge in [0, 0.05) is 45.0 Å². The topological polar surface area (TPSA) is 105 Å². The number of carbonyl (C=O) groups excluding carboxylic acids is 1. The summed E-state index contributed by atoms with van der Waals surface area (Å²) in [4.78, 5) is 14.9. The van der Waals surface area contributed by atoms with Crippen molar-refractivity contribution in [3.63, 3.8) is 0 Å². The van der Waals surface area contributed by atoms with Crippen molar-refractivity contribution in [2.24, 2.45) is 5.73 Å². The molecular weight excluding hydrogens is 392 g/mol. The summed E-state index contributed by atoms with van der Waals surface area (Å²) in [5.74, 6) is -0.346. The Hall–Kier alpha value is -1.39. The minimum atomic E-state index is -3.64. The maximum Gasteiger partial charge on any atom is 0.253 e. The summed E-state index contributed by atoms with van der Waals surface area (Å²) in [6, 6.07) is 4.65. The smallest absolute Gasteiger partial charge is 0.253 e. The second-order valence-corrected chi connectivity index (χ2v) is 9.39. The van der Waals surface area contributed by atoms with Crippen molar-refractivity contribution in [1.29, 1.82) is 0 Å². The van der Waals surface area contributed by atoms with Crippen molar-refractivity contribution in [3.8, 4) is 0 Å². The van der Waals surface area contributed by atoms with Gasteiger partial charge in [0.2, 0.25) is 10.0 Å². The Morgan fingerprint density at radius 1 is 1.30 bits per heavy atom. The molecule has 0 spiro atoms. The maximum absolute atomic E-state index is 12.8. The zero-order valence-corrected chi connectivity index (χ0v) is 17.8. The van der Waals surface area contributed by atoms with Gasteiger partial charge in [0.25, 0.3) is 5.91 Å². The minimum Gasteiger partial charge on any atom is -0.378 e. The number of anilines is 1. The molecule has 1 aliphatic heterocycles. The number of rotatable bonds is 6. The maximum atomic E-state index is 12.8. The molecule has 1 amide bonds. The Morgan fingerprint density at radius 2 is 1.89 bits per heavy atom. The first-order valence-electron chi connectivity index (χ1n) is 8.49. The van der Waals surface area contributed by atoms with Crippen molar-refractivity contribution < 1.29 is 17.9 Å².